The molecule has 2 aliphatic rings. The van der Waals surface area contributed by atoms with E-state index in [1.54, 1.807) is 12.4 Å². The molecule has 4 heterocycles. The quantitative estimate of drug-likeness (QED) is 0.727. The van der Waals surface area contributed by atoms with Crippen LogP contribution < -0.4 is 10.1 Å². The standard InChI is InChI=1S/C21H23N5O2/c1-13-11-26(12-22-13)16-4-5-18(20(27)10-16)19-6-7-21(25-24-19)28-17-8-14-2-3-15(9-17)23-14/h4-7,10-12,14-15,17,23,27H,2-3,8-9H2,1H3/t14-,15?,17-/m1/s1. The molecule has 1 aromatic carbocycles. The number of aromatic hydroxyl groups is 1. The minimum absolute atomic E-state index is 0.154. The van der Waals surface area contributed by atoms with Crippen LogP contribution in [0.5, 0.6) is 11.6 Å². The monoisotopic (exact) mass is 377 g/mol. The summed E-state index contributed by atoms with van der Waals surface area (Å²) in [7, 11) is 0. The van der Waals surface area contributed by atoms with Crippen LogP contribution in [0.25, 0.3) is 16.9 Å². The zero-order chi connectivity index (χ0) is 19.1. The van der Waals surface area contributed by atoms with Gasteiger partial charge in [0, 0.05) is 36.0 Å². The molecule has 1 unspecified atom stereocenters. The minimum Gasteiger partial charge on any atom is -0.507 e. The number of phenols is 1. The molecule has 7 nitrogen and oxygen atoms in total. The highest BCUT2D eigenvalue weighted by molar-refractivity contribution is 5.68. The third-order valence-electron chi connectivity index (χ3n) is 5.62. The fourth-order valence-electron chi connectivity index (χ4n) is 4.26. The Kier molecular flexibility index (Phi) is 4.24. The molecular weight excluding hydrogens is 354 g/mol. The first-order chi connectivity index (χ1) is 13.6. The van der Waals surface area contributed by atoms with E-state index in [2.05, 4.69) is 20.5 Å². The van der Waals surface area contributed by atoms with Gasteiger partial charge >= 0.3 is 0 Å². The van der Waals surface area contributed by atoms with Crippen LogP contribution in [0.4, 0.5) is 0 Å². The highest BCUT2D eigenvalue weighted by atomic mass is 16.5. The Morgan fingerprint density at radius 2 is 1.93 bits per heavy atom. The summed E-state index contributed by atoms with van der Waals surface area (Å²) in [4.78, 5) is 4.22. The van der Waals surface area contributed by atoms with Crippen molar-refractivity contribution in [3.63, 3.8) is 0 Å². The van der Waals surface area contributed by atoms with Crippen LogP contribution in [0.1, 0.15) is 31.4 Å². The number of ether oxygens (including phenoxy) is 1. The summed E-state index contributed by atoms with van der Waals surface area (Å²) in [6.45, 7) is 1.93. The second-order valence-corrected chi connectivity index (χ2v) is 7.73. The Hall–Kier alpha value is -2.93. The zero-order valence-electron chi connectivity index (χ0n) is 15.7. The second-order valence-electron chi connectivity index (χ2n) is 7.73. The predicted molar refractivity (Wildman–Crippen MR) is 105 cm³/mol. The Morgan fingerprint density at radius 1 is 1.11 bits per heavy atom. The van der Waals surface area contributed by atoms with Crippen LogP contribution in [0, 0.1) is 6.92 Å². The van der Waals surface area contributed by atoms with Gasteiger partial charge in [0.15, 0.2) is 0 Å². The third kappa shape index (κ3) is 3.33. The van der Waals surface area contributed by atoms with Gasteiger partial charge in [0.2, 0.25) is 5.88 Å². The molecule has 0 spiro atoms. The maximum Gasteiger partial charge on any atom is 0.233 e. The van der Waals surface area contributed by atoms with E-state index in [9.17, 15) is 5.11 Å². The van der Waals surface area contributed by atoms with Gasteiger partial charge in [0.25, 0.3) is 0 Å². The molecule has 2 aromatic heterocycles. The molecule has 28 heavy (non-hydrogen) atoms. The molecule has 0 saturated carbocycles. The zero-order valence-corrected chi connectivity index (χ0v) is 15.7. The van der Waals surface area contributed by atoms with Crippen molar-refractivity contribution in [2.24, 2.45) is 0 Å². The van der Waals surface area contributed by atoms with E-state index in [1.807, 2.05) is 42.0 Å². The first kappa shape index (κ1) is 17.2. The number of aromatic nitrogens is 4. The SMILES string of the molecule is Cc1cn(-c2ccc(-c3ccc(O[C@H]4CC5CC[C@H](C4)N5)nn3)c(O)c2)cn1. The van der Waals surface area contributed by atoms with Gasteiger partial charge < -0.3 is 19.7 Å². The molecule has 7 heteroatoms. The van der Waals surface area contributed by atoms with Gasteiger partial charge in [-0.05, 0) is 50.8 Å². The third-order valence-corrected chi connectivity index (χ3v) is 5.62. The number of rotatable bonds is 4. The lowest BCUT2D eigenvalue weighted by atomic mass is 10.0. The molecule has 5 rings (SSSR count). The summed E-state index contributed by atoms with van der Waals surface area (Å²) in [6, 6.07) is 10.3. The van der Waals surface area contributed by atoms with Crippen molar-refractivity contribution in [1.82, 2.24) is 25.1 Å². The summed E-state index contributed by atoms with van der Waals surface area (Å²) >= 11 is 0. The van der Waals surface area contributed by atoms with Crippen LogP contribution >= 0.6 is 0 Å². The Bertz CT molecular complexity index is 973. The van der Waals surface area contributed by atoms with E-state index in [0.717, 1.165) is 24.2 Å². The maximum atomic E-state index is 10.5. The molecule has 2 saturated heterocycles. The number of piperidine rings is 1. The van der Waals surface area contributed by atoms with Gasteiger partial charge in [-0.25, -0.2) is 4.98 Å². The van der Waals surface area contributed by atoms with Gasteiger partial charge in [-0.15, -0.1) is 10.2 Å². The number of fused-ring (bicyclic) bond motifs is 2. The van der Waals surface area contributed by atoms with Crippen molar-refractivity contribution in [3.05, 3.63) is 48.5 Å². The van der Waals surface area contributed by atoms with Crippen molar-refractivity contribution in [1.29, 1.82) is 0 Å². The van der Waals surface area contributed by atoms with E-state index in [1.165, 1.54) is 12.8 Å². The lowest BCUT2D eigenvalue weighted by Crippen LogP contribution is -2.42. The summed E-state index contributed by atoms with van der Waals surface area (Å²) < 4.78 is 7.92. The Balaban J connectivity index is 1.31. The van der Waals surface area contributed by atoms with Crippen molar-refractivity contribution < 1.29 is 9.84 Å². The number of phenolic OH excluding ortho intramolecular Hbond substituents is 1. The maximum absolute atomic E-state index is 10.5. The fourth-order valence-corrected chi connectivity index (χ4v) is 4.26. The first-order valence-corrected chi connectivity index (χ1v) is 9.75. The van der Waals surface area contributed by atoms with E-state index in [-0.39, 0.29) is 11.9 Å². The normalized spacial score (nSPS) is 23.7. The molecule has 2 aliphatic heterocycles. The predicted octanol–water partition coefficient (Wildman–Crippen LogP) is 3.01. The summed E-state index contributed by atoms with van der Waals surface area (Å²) in [5.41, 5.74) is 3.02. The lowest BCUT2D eigenvalue weighted by molar-refractivity contribution is 0.130. The summed E-state index contributed by atoms with van der Waals surface area (Å²) in [6.07, 6.45) is 8.36. The van der Waals surface area contributed by atoms with Crippen molar-refractivity contribution in [2.75, 3.05) is 0 Å². The van der Waals surface area contributed by atoms with Gasteiger partial charge in [0.1, 0.15) is 11.9 Å². The molecule has 2 bridgehead atoms. The number of nitrogens with one attached hydrogen (secondary N) is 1. The number of nitrogens with zero attached hydrogens (tertiary/aromatic N) is 4. The van der Waals surface area contributed by atoms with Gasteiger partial charge in [0.05, 0.1) is 23.4 Å². The molecule has 2 fully saturated rings. The van der Waals surface area contributed by atoms with Crippen LogP contribution in [0.3, 0.4) is 0 Å². The van der Waals surface area contributed by atoms with Crippen LogP contribution in [0.15, 0.2) is 42.9 Å². The minimum atomic E-state index is 0.154. The van der Waals surface area contributed by atoms with Gasteiger partial charge in [-0.3, -0.25) is 0 Å². The molecule has 3 atom stereocenters. The van der Waals surface area contributed by atoms with Crippen molar-refractivity contribution in [2.45, 2.75) is 50.8 Å². The number of hydrogen-bond acceptors (Lipinski definition) is 6. The number of benzene rings is 1. The van der Waals surface area contributed by atoms with Crippen LogP contribution in [-0.2, 0) is 0 Å². The molecule has 2 N–H and O–H groups in total. The lowest BCUT2D eigenvalue weighted by Gasteiger charge is -2.28. The smallest absolute Gasteiger partial charge is 0.233 e. The van der Waals surface area contributed by atoms with E-state index < -0.39 is 0 Å². The van der Waals surface area contributed by atoms with E-state index in [0.29, 0.717) is 29.2 Å². The molecular formula is C21H23N5O2. The first-order valence-electron chi connectivity index (χ1n) is 9.75. The highest BCUT2D eigenvalue weighted by Gasteiger charge is 2.34. The topological polar surface area (TPSA) is 85.1 Å². The highest BCUT2D eigenvalue weighted by Crippen LogP contribution is 2.31. The molecule has 0 aliphatic carbocycles. The molecule has 144 valence electrons. The summed E-state index contributed by atoms with van der Waals surface area (Å²) in [5.74, 6) is 0.696. The molecule has 3 aromatic rings. The van der Waals surface area contributed by atoms with Crippen molar-refractivity contribution in [3.8, 4) is 28.6 Å². The Morgan fingerprint density at radius 3 is 2.57 bits per heavy atom. The van der Waals surface area contributed by atoms with E-state index >= 15 is 0 Å². The Labute approximate surface area is 163 Å². The van der Waals surface area contributed by atoms with Gasteiger partial charge in [-0.1, -0.05) is 0 Å². The second kappa shape index (κ2) is 6.91. The molecule has 0 amide bonds. The number of hydrogen-bond donors (Lipinski definition) is 2. The van der Waals surface area contributed by atoms with Crippen molar-refractivity contribution >= 4 is 0 Å². The average Bonchev–Trinajstić information content (AvgIpc) is 3.27. The van der Waals surface area contributed by atoms with Gasteiger partial charge in [-0.2, -0.15) is 0 Å². The summed E-state index contributed by atoms with van der Waals surface area (Å²) in [5, 5.41) is 22.6. The average molecular weight is 377 g/mol. The van der Waals surface area contributed by atoms with Crippen LogP contribution in [-0.4, -0.2) is 43.0 Å². The largest absolute Gasteiger partial charge is 0.507 e. The van der Waals surface area contributed by atoms with E-state index in [4.69, 9.17) is 4.74 Å². The fraction of sp³-hybridized carbons (Fsp3) is 0.381. The molecule has 0 radical (unpaired) electrons. The number of aryl methyl sites for hydroxylation is 1. The number of imidazole rings is 1. The van der Waals surface area contributed by atoms with Crippen LogP contribution in [0.2, 0.25) is 0 Å².